The van der Waals surface area contributed by atoms with Gasteiger partial charge in [-0.3, -0.25) is 9.59 Å². The molecule has 1 aliphatic heterocycles. The Kier molecular flexibility index (Phi) is 3.71. The first-order valence-electron chi connectivity index (χ1n) is 5.52. The SMILES string of the molecule is O=C(O)C(=O)CC1CCC(=O)N1Cc1nccs1. The van der Waals surface area contributed by atoms with Crippen LogP contribution in [0.15, 0.2) is 11.6 Å². The van der Waals surface area contributed by atoms with Gasteiger partial charge in [-0.1, -0.05) is 0 Å². The van der Waals surface area contributed by atoms with Gasteiger partial charge in [0.15, 0.2) is 0 Å². The van der Waals surface area contributed by atoms with E-state index in [1.54, 1.807) is 11.1 Å². The quantitative estimate of drug-likeness (QED) is 0.793. The fourth-order valence-corrected chi connectivity index (χ4v) is 2.61. The minimum atomic E-state index is -1.44. The summed E-state index contributed by atoms with van der Waals surface area (Å²) in [6.45, 7) is 0.355. The lowest BCUT2D eigenvalue weighted by molar-refractivity contribution is -0.149. The molecule has 0 aliphatic carbocycles. The van der Waals surface area contributed by atoms with Gasteiger partial charge in [0.25, 0.3) is 0 Å². The Morgan fingerprint density at radius 1 is 1.56 bits per heavy atom. The van der Waals surface area contributed by atoms with Crippen molar-refractivity contribution in [1.82, 2.24) is 9.88 Å². The van der Waals surface area contributed by atoms with Gasteiger partial charge >= 0.3 is 5.97 Å². The molecule has 1 fully saturated rings. The van der Waals surface area contributed by atoms with Crippen LogP contribution in [0.25, 0.3) is 0 Å². The Bertz CT molecular complexity index is 471. The topological polar surface area (TPSA) is 87.6 Å². The second kappa shape index (κ2) is 5.26. The number of aliphatic carboxylic acids is 1. The number of hydrogen-bond donors (Lipinski definition) is 1. The molecule has 0 spiro atoms. The second-order valence-electron chi connectivity index (χ2n) is 4.07. The second-order valence-corrected chi connectivity index (χ2v) is 5.05. The number of ketones is 1. The molecule has 2 rings (SSSR count). The Hall–Kier alpha value is -1.76. The normalized spacial score (nSPS) is 19.2. The van der Waals surface area contributed by atoms with Crippen LogP contribution in [-0.2, 0) is 20.9 Å². The molecule has 1 atom stereocenters. The highest BCUT2D eigenvalue weighted by atomic mass is 32.1. The molecule has 0 bridgehead atoms. The molecular formula is C11H12N2O4S. The number of carbonyl (C=O) groups excluding carboxylic acids is 2. The van der Waals surface area contributed by atoms with Crippen LogP contribution in [0.5, 0.6) is 0 Å². The third-order valence-corrected chi connectivity index (χ3v) is 3.67. The fraction of sp³-hybridized carbons (Fsp3) is 0.455. The van der Waals surface area contributed by atoms with Crippen molar-refractivity contribution in [2.45, 2.75) is 31.8 Å². The summed E-state index contributed by atoms with van der Waals surface area (Å²) in [5.41, 5.74) is 0. The zero-order chi connectivity index (χ0) is 13.1. The van der Waals surface area contributed by atoms with Crippen LogP contribution in [0.1, 0.15) is 24.3 Å². The zero-order valence-electron chi connectivity index (χ0n) is 9.54. The van der Waals surface area contributed by atoms with Crippen LogP contribution < -0.4 is 0 Å². The third kappa shape index (κ3) is 2.73. The summed E-state index contributed by atoms with van der Waals surface area (Å²) >= 11 is 1.43. The summed E-state index contributed by atoms with van der Waals surface area (Å²) in [5.74, 6) is -2.34. The fourth-order valence-electron chi connectivity index (χ4n) is 2.00. The number of likely N-dealkylation sites (tertiary alicyclic amines) is 1. The number of Topliss-reactive ketones (excluding diaryl/α,β-unsaturated/α-hetero) is 1. The highest BCUT2D eigenvalue weighted by Crippen LogP contribution is 2.24. The number of carboxylic acid groups (broad SMARTS) is 1. The molecule has 1 aromatic rings. The molecular weight excluding hydrogens is 256 g/mol. The molecule has 1 unspecified atom stereocenters. The van der Waals surface area contributed by atoms with Gasteiger partial charge in [-0.05, 0) is 6.42 Å². The zero-order valence-corrected chi connectivity index (χ0v) is 10.4. The minimum absolute atomic E-state index is 0.0478. The lowest BCUT2D eigenvalue weighted by atomic mass is 10.1. The van der Waals surface area contributed by atoms with E-state index >= 15 is 0 Å². The molecule has 18 heavy (non-hydrogen) atoms. The van der Waals surface area contributed by atoms with Gasteiger partial charge < -0.3 is 10.0 Å². The summed E-state index contributed by atoms with van der Waals surface area (Å²) in [5, 5.41) is 11.2. The summed E-state index contributed by atoms with van der Waals surface area (Å²) in [6.07, 6.45) is 2.43. The molecule has 1 N–H and O–H groups in total. The van der Waals surface area contributed by atoms with Gasteiger partial charge in [0.1, 0.15) is 5.01 Å². The van der Waals surface area contributed by atoms with Crippen LogP contribution in [0.4, 0.5) is 0 Å². The van der Waals surface area contributed by atoms with Gasteiger partial charge in [0, 0.05) is 30.5 Å². The molecule has 96 valence electrons. The van der Waals surface area contributed by atoms with Crippen molar-refractivity contribution in [3.8, 4) is 0 Å². The monoisotopic (exact) mass is 268 g/mol. The first-order valence-corrected chi connectivity index (χ1v) is 6.40. The van der Waals surface area contributed by atoms with Crippen molar-refractivity contribution < 1.29 is 19.5 Å². The van der Waals surface area contributed by atoms with E-state index in [1.807, 2.05) is 5.38 Å². The Labute approximate surface area is 107 Å². The van der Waals surface area contributed by atoms with Crippen molar-refractivity contribution in [2.75, 3.05) is 0 Å². The number of hydrogen-bond acceptors (Lipinski definition) is 5. The third-order valence-electron chi connectivity index (χ3n) is 2.90. The van der Waals surface area contributed by atoms with Crippen molar-refractivity contribution >= 4 is 29.0 Å². The molecule has 0 aromatic carbocycles. The molecule has 7 heteroatoms. The van der Waals surface area contributed by atoms with Crippen molar-refractivity contribution in [1.29, 1.82) is 0 Å². The summed E-state index contributed by atoms with van der Waals surface area (Å²) in [6, 6.07) is -0.315. The maximum absolute atomic E-state index is 11.7. The lowest BCUT2D eigenvalue weighted by Gasteiger charge is -2.22. The van der Waals surface area contributed by atoms with Crippen LogP contribution >= 0.6 is 11.3 Å². The van der Waals surface area contributed by atoms with Crippen LogP contribution in [0.2, 0.25) is 0 Å². The Morgan fingerprint density at radius 2 is 2.33 bits per heavy atom. The minimum Gasteiger partial charge on any atom is -0.476 e. The van der Waals surface area contributed by atoms with E-state index in [1.165, 1.54) is 11.3 Å². The predicted octanol–water partition coefficient (Wildman–Crippen LogP) is 0.678. The number of thiazole rings is 1. The number of carbonyl (C=O) groups is 3. The van der Waals surface area contributed by atoms with Gasteiger partial charge in [-0.2, -0.15) is 0 Å². The van der Waals surface area contributed by atoms with Gasteiger partial charge in [0.2, 0.25) is 11.7 Å². The average molecular weight is 268 g/mol. The standard InChI is InChI=1S/C11H12N2O4S/c14-8(11(16)17)5-7-1-2-10(15)13(7)6-9-12-3-4-18-9/h3-4,7H,1-2,5-6H2,(H,16,17). The summed E-state index contributed by atoms with van der Waals surface area (Å²) in [4.78, 5) is 39.1. The number of amides is 1. The van der Waals surface area contributed by atoms with Crippen LogP contribution in [0, 0.1) is 0 Å². The molecule has 1 aromatic heterocycles. The highest BCUT2D eigenvalue weighted by molar-refractivity contribution is 7.09. The van der Waals surface area contributed by atoms with E-state index in [4.69, 9.17) is 5.11 Å². The highest BCUT2D eigenvalue weighted by Gasteiger charge is 2.34. The van der Waals surface area contributed by atoms with Gasteiger partial charge in [-0.25, -0.2) is 9.78 Å². The van der Waals surface area contributed by atoms with E-state index in [2.05, 4.69) is 4.98 Å². The number of nitrogens with zero attached hydrogens (tertiary/aromatic N) is 2. The smallest absolute Gasteiger partial charge is 0.372 e. The molecule has 2 heterocycles. The number of rotatable bonds is 5. The van der Waals surface area contributed by atoms with Crippen molar-refractivity contribution in [2.24, 2.45) is 0 Å². The molecule has 1 aliphatic rings. The maximum Gasteiger partial charge on any atom is 0.372 e. The van der Waals surface area contributed by atoms with Gasteiger partial charge in [-0.15, -0.1) is 11.3 Å². The summed E-state index contributed by atoms with van der Waals surface area (Å²) < 4.78 is 0. The maximum atomic E-state index is 11.7. The van der Waals surface area contributed by atoms with E-state index in [0.29, 0.717) is 19.4 Å². The van der Waals surface area contributed by atoms with Crippen molar-refractivity contribution in [3.05, 3.63) is 16.6 Å². The Balaban J connectivity index is 2.03. The van der Waals surface area contributed by atoms with Crippen LogP contribution in [0.3, 0.4) is 0 Å². The van der Waals surface area contributed by atoms with E-state index in [-0.39, 0.29) is 18.4 Å². The number of carboxylic acids is 1. The number of aromatic nitrogens is 1. The van der Waals surface area contributed by atoms with Gasteiger partial charge in [0.05, 0.1) is 6.54 Å². The van der Waals surface area contributed by atoms with Crippen LogP contribution in [-0.4, -0.2) is 38.7 Å². The van der Waals surface area contributed by atoms with E-state index < -0.39 is 11.8 Å². The summed E-state index contributed by atoms with van der Waals surface area (Å²) in [7, 11) is 0. The average Bonchev–Trinajstić information content (AvgIpc) is 2.93. The Morgan fingerprint density at radius 3 is 2.94 bits per heavy atom. The predicted molar refractivity (Wildman–Crippen MR) is 62.9 cm³/mol. The molecule has 6 nitrogen and oxygen atoms in total. The largest absolute Gasteiger partial charge is 0.476 e. The molecule has 0 radical (unpaired) electrons. The van der Waals surface area contributed by atoms with E-state index in [0.717, 1.165) is 5.01 Å². The molecule has 0 saturated carbocycles. The first kappa shape index (κ1) is 12.7. The first-order chi connectivity index (χ1) is 8.58. The van der Waals surface area contributed by atoms with E-state index in [9.17, 15) is 14.4 Å². The molecule has 1 amide bonds. The van der Waals surface area contributed by atoms with Crippen molar-refractivity contribution in [3.63, 3.8) is 0 Å². The molecule has 1 saturated heterocycles. The lowest BCUT2D eigenvalue weighted by Crippen LogP contribution is -2.35.